The van der Waals surface area contributed by atoms with Gasteiger partial charge in [-0.25, -0.2) is 13.4 Å². The van der Waals surface area contributed by atoms with Gasteiger partial charge in [0, 0.05) is 29.9 Å². The van der Waals surface area contributed by atoms with Gasteiger partial charge in [0.15, 0.2) is 5.13 Å². The summed E-state index contributed by atoms with van der Waals surface area (Å²) >= 11 is 7.49. The quantitative estimate of drug-likeness (QED) is 0.349. The summed E-state index contributed by atoms with van der Waals surface area (Å²) in [4.78, 5) is 24.3. The molecule has 0 unspecified atom stereocenters. The number of carbonyl (C=O) groups is 1. The Hall–Kier alpha value is -2.85. The highest BCUT2D eigenvalue weighted by Gasteiger charge is 2.35. The first-order chi connectivity index (χ1) is 16.3. The topological polar surface area (TPSA) is 83.5 Å². The predicted octanol–water partition coefficient (Wildman–Crippen LogP) is 4.97. The first kappa shape index (κ1) is 22.9. The minimum Gasteiger partial charge on any atom is -0.278 e. The molecule has 5 rings (SSSR count). The van der Waals surface area contributed by atoms with Crippen LogP contribution in [0.3, 0.4) is 0 Å². The summed E-state index contributed by atoms with van der Waals surface area (Å²) in [6.07, 6.45) is 3.43. The predicted molar refractivity (Wildman–Crippen MR) is 134 cm³/mol. The van der Waals surface area contributed by atoms with Crippen LogP contribution >= 0.6 is 22.9 Å². The number of thiazole rings is 1. The number of carbonyl (C=O) groups excluding carboxylic acids is 1. The summed E-state index contributed by atoms with van der Waals surface area (Å²) in [6, 6.07) is 17.0. The number of anilines is 1. The van der Waals surface area contributed by atoms with Crippen molar-refractivity contribution < 1.29 is 13.2 Å². The zero-order valence-electron chi connectivity index (χ0n) is 18.3. The number of benzene rings is 2. The molecule has 0 aliphatic heterocycles. The van der Waals surface area contributed by atoms with E-state index in [2.05, 4.69) is 9.97 Å². The highest BCUT2D eigenvalue weighted by atomic mass is 35.5. The van der Waals surface area contributed by atoms with Crippen molar-refractivity contribution in [1.82, 2.24) is 14.3 Å². The Morgan fingerprint density at radius 3 is 2.56 bits per heavy atom. The van der Waals surface area contributed by atoms with Gasteiger partial charge in [-0.1, -0.05) is 29.0 Å². The molecule has 2 aromatic carbocycles. The number of sulfonamides is 1. The zero-order chi connectivity index (χ0) is 23.9. The molecule has 0 saturated heterocycles. The van der Waals surface area contributed by atoms with Crippen LogP contribution in [0.2, 0.25) is 5.02 Å². The number of rotatable bonds is 7. The van der Waals surface area contributed by atoms with Gasteiger partial charge in [0.2, 0.25) is 10.0 Å². The molecular weight excluding hydrogens is 492 g/mol. The van der Waals surface area contributed by atoms with Gasteiger partial charge in [0.25, 0.3) is 5.91 Å². The summed E-state index contributed by atoms with van der Waals surface area (Å²) in [7, 11) is -1.99. The van der Waals surface area contributed by atoms with Gasteiger partial charge >= 0.3 is 0 Å². The molecule has 10 heteroatoms. The van der Waals surface area contributed by atoms with Gasteiger partial charge < -0.3 is 0 Å². The molecule has 4 aromatic rings. The normalized spacial score (nSPS) is 14.0. The molecule has 0 bridgehead atoms. The van der Waals surface area contributed by atoms with Gasteiger partial charge in [0.1, 0.15) is 0 Å². The second kappa shape index (κ2) is 9.07. The third-order valence-electron chi connectivity index (χ3n) is 5.70. The van der Waals surface area contributed by atoms with Crippen LogP contribution in [0, 0.1) is 0 Å². The van der Waals surface area contributed by atoms with Crippen LogP contribution in [0.4, 0.5) is 5.13 Å². The number of fused-ring (bicyclic) bond motifs is 1. The minimum atomic E-state index is -3.58. The van der Waals surface area contributed by atoms with E-state index >= 15 is 0 Å². The van der Waals surface area contributed by atoms with Crippen molar-refractivity contribution in [3.05, 3.63) is 83.1 Å². The molecule has 0 N–H and O–H groups in total. The Bertz CT molecular complexity index is 1450. The lowest BCUT2D eigenvalue weighted by atomic mass is 10.2. The molecule has 0 atom stereocenters. The SMILES string of the molecule is CN(C1CC1)S(=O)(=O)c1ccc(C(=O)N(Cc2ccccn2)c2nc3ccc(Cl)cc3s2)cc1. The standard InChI is InChI=1S/C24H21ClN4O3S2/c1-28(19-8-9-19)34(31,32)20-10-5-16(6-11-20)23(30)29(15-18-4-2-3-13-26-18)24-27-21-12-7-17(25)14-22(21)33-24/h2-7,10-14,19H,8-9,15H2,1H3. The van der Waals surface area contributed by atoms with E-state index in [1.165, 1.54) is 27.8 Å². The van der Waals surface area contributed by atoms with E-state index < -0.39 is 10.0 Å². The molecule has 0 radical (unpaired) electrons. The number of nitrogens with zero attached hydrogens (tertiary/aromatic N) is 4. The molecule has 7 nitrogen and oxygen atoms in total. The van der Waals surface area contributed by atoms with Crippen molar-refractivity contribution in [2.75, 3.05) is 11.9 Å². The fourth-order valence-corrected chi connectivity index (χ4v) is 6.26. The number of hydrogen-bond acceptors (Lipinski definition) is 6. The van der Waals surface area contributed by atoms with Crippen LogP contribution in [0.25, 0.3) is 10.2 Å². The van der Waals surface area contributed by atoms with Gasteiger partial charge in [0.05, 0.1) is 27.4 Å². The molecule has 1 aliphatic rings. The molecular formula is C24H21ClN4O3S2. The Kier molecular flexibility index (Phi) is 6.11. The first-order valence-electron chi connectivity index (χ1n) is 10.7. The number of aromatic nitrogens is 2. The number of pyridine rings is 1. The monoisotopic (exact) mass is 512 g/mol. The van der Waals surface area contributed by atoms with Crippen molar-refractivity contribution in [3.8, 4) is 0 Å². The Balaban J connectivity index is 1.48. The summed E-state index contributed by atoms with van der Waals surface area (Å²) in [5.74, 6) is -0.296. The fourth-order valence-electron chi connectivity index (χ4n) is 3.61. The van der Waals surface area contributed by atoms with Crippen molar-refractivity contribution in [3.63, 3.8) is 0 Å². The maximum absolute atomic E-state index is 13.6. The average Bonchev–Trinajstić information content (AvgIpc) is 3.61. The average molecular weight is 513 g/mol. The number of amides is 1. The van der Waals surface area contributed by atoms with Crippen molar-refractivity contribution in [2.24, 2.45) is 0 Å². The third-order valence-corrected chi connectivity index (χ3v) is 8.90. The van der Waals surface area contributed by atoms with Crippen LogP contribution in [0.15, 0.2) is 71.8 Å². The lowest BCUT2D eigenvalue weighted by molar-refractivity contribution is 0.0984. The summed E-state index contributed by atoms with van der Waals surface area (Å²) in [6.45, 7) is 0.220. The Morgan fingerprint density at radius 2 is 1.88 bits per heavy atom. The molecule has 1 fully saturated rings. The minimum absolute atomic E-state index is 0.0627. The van der Waals surface area contributed by atoms with Crippen LogP contribution in [-0.2, 0) is 16.6 Å². The van der Waals surface area contributed by atoms with Gasteiger partial charge in [-0.3, -0.25) is 14.7 Å². The van der Waals surface area contributed by atoms with E-state index in [9.17, 15) is 13.2 Å². The fraction of sp³-hybridized carbons (Fsp3) is 0.208. The summed E-state index contributed by atoms with van der Waals surface area (Å²) in [5.41, 5.74) is 1.81. The maximum Gasteiger partial charge on any atom is 0.260 e. The maximum atomic E-state index is 13.6. The van der Waals surface area contributed by atoms with E-state index in [1.807, 2.05) is 30.3 Å². The lowest BCUT2D eigenvalue weighted by Gasteiger charge is -2.20. The van der Waals surface area contributed by atoms with Crippen LogP contribution < -0.4 is 4.90 Å². The van der Waals surface area contributed by atoms with E-state index in [0.717, 1.165) is 23.1 Å². The van der Waals surface area contributed by atoms with Crippen molar-refractivity contribution >= 4 is 54.2 Å². The Labute approximate surface area is 206 Å². The van der Waals surface area contributed by atoms with E-state index in [-0.39, 0.29) is 23.4 Å². The zero-order valence-corrected chi connectivity index (χ0v) is 20.6. The van der Waals surface area contributed by atoms with E-state index in [0.29, 0.717) is 21.4 Å². The second-order valence-corrected chi connectivity index (χ2v) is 11.5. The Morgan fingerprint density at radius 1 is 1.12 bits per heavy atom. The molecule has 2 aromatic heterocycles. The smallest absolute Gasteiger partial charge is 0.260 e. The highest BCUT2D eigenvalue weighted by Crippen LogP contribution is 2.33. The van der Waals surface area contributed by atoms with Gasteiger partial charge in [-0.05, 0) is 67.4 Å². The molecule has 1 saturated carbocycles. The molecule has 34 heavy (non-hydrogen) atoms. The van der Waals surface area contributed by atoms with Crippen LogP contribution in [0.5, 0.6) is 0 Å². The van der Waals surface area contributed by atoms with E-state index in [4.69, 9.17) is 11.6 Å². The molecule has 0 spiro atoms. The number of halogens is 1. The van der Waals surface area contributed by atoms with Gasteiger partial charge in [-0.2, -0.15) is 4.31 Å². The first-order valence-corrected chi connectivity index (χ1v) is 13.3. The molecule has 2 heterocycles. The van der Waals surface area contributed by atoms with Crippen LogP contribution in [-0.4, -0.2) is 41.7 Å². The third kappa shape index (κ3) is 4.56. The molecule has 1 aliphatic carbocycles. The molecule has 1 amide bonds. The van der Waals surface area contributed by atoms with Gasteiger partial charge in [-0.15, -0.1) is 0 Å². The highest BCUT2D eigenvalue weighted by molar-refractivity contribution is 7.89. The number of hydrogen-bond donors (Lipinski definition) is 0. The summed E-state index contributed by atoms with van der Waals surface area (Å²) < 4.78 is 27.9. The summed E-state index contributed by atoms with van der Waals surface area (Å²) in [5, 5.41) is 1.11. The van der Waals surface area contributed by atoms with Crippen molar-refractivity contribution in [1.29, 1.82) is 0 Å². The van der Waals surface area contributed by atoms with Crippen molar-refractivity contribution in [2.45, 2.75) is 30.3 Å². The van der Waals surface area contributed by atoms with Crippen LogP contribution in [0.1, 0.15) is 28.9 Å². The van der Waals surface area contributed by atoms with E-state index in [1.54, 1.807) is 36.3 Å². The largest absolute Gasteiger partial charge is 0.278 e. The second-order valence-electron chi connectivity index (χ2n) is 8.10. The molecule has 174 valence electrons. The lowest BCUT2D eigenvalue weighted by Crippen LogP contribution is -2.31.